The summed E-state index contributed by atoms with van der Waals surface area (Å²) in [6.07, 6.45) is 3.43. The Morgan fingerprint density at radius 1 is 0.902 bits per heavy atom. The van der Waals surface area contributed by atoms with Gasteiger partial charge < -0.3 is 25.8 Å². The number of amides is 5. The fraction of sp³-hybridized carbons (Fsp3) is 0.567. The molecule has 41 heavy (non-hydrogen) atoms. The quantitative estimate of drug-likeness (QED) is 0.235. The summed E-state index contributed by atoms with van der Waals surface area (Å²) in [7, 11) is 0. The topological polar surface area (TPSA) is 154 Å². The van der Waals surface area contributed by atoms with Gasteiger partial charge in [0.25, 0.3) is 11.8 Å². The van der Waals surface area contributed by atoms with E-state index in [2.05, 4.69) is 16.0 Å². The molecule has 11 heteroatoms. The number of benzene rings is 1. The third-order valence-corrected chi connectivity index (χ3v) is 7.00. The zero-order valence-electron chi connectivity index (χ0n) is 25.1. The highest BCUT2D eigenvalue weighted by Gasteiger charge is 2.37. The Hall–Kier alpha value is -3.57. The number of ether oxygens (including phenoxy) is 1. The van der Waals surface area contributed by atoms with Crippen LogP contribution < -0.4 is 16.0 Å². The lowest BCUT2D eigenvalue weighted by Crippen LogP contribution is -2.53. The standard InChI is InChI=1S/C30H44N4O7/c1-19(2)26(28(40)31-20(3)27(39)32-22-10-8-21(18-35)9-11-22)33-23(36)14-15-30(6,7)41-17-16-29(4,5)34-24(37)12-13-25(34)38/h8-13,19-20,26,35H,14-18H2,1-7H3,(H,31,40)(H,32,39)(H,33,36)/t20-,26-/m0/s1. The van der Waals surface area contributed by atoms with Crippen molar-refractivity contribution in [2.75, 3.05) is 11.9 Å². The molecule has 11 nitrogen and oxygen atoms in total. The molecule has 4 N–H and O–H groups in total. The molecule has 0 aliphatic carbocycles. The molecule has 0 fully saturated rings. The third kappa shape index (κ3) is 10.1. The Balaban J connectivity index is 1.83. The predicted octanol–water partition coefficient (Wildman–Crippen LogP) is 2.43. The van der Waals surface area contributed by atoms with Crippen LogP contribution in [0.5, 0.6) is 0 Å². The normalized spacial score (nSPS) is 15.2. The number of rotatable bonds is 15. The van der Waals surface area contributed by atoms with Crippen molar-refractivity contribution < 1.29 is 33.8 Å². The fourth-order valence-corrected chi connectivity index (χ4v) is 4.27. The van der Waals surface area contributed by atoms with E-state index >= 15 is 0 Å². The second kappa shape index (κ2) is 14.4. The van der Waals surface area contributed by atoms with Crippen LogP contribution in [0.4, 0.5) is 5.69 Å². The molecule has 5 amide bonds. The lowest BCUT2D eigenvalue weighted by molar-refractivity contribution is -0.144. The van der Waals surface area contributed by atoms with Crippen LogP contribution in [0.2, 0.25) is 0 Å². The van der Waals surface area contributed by atoms with Crippen LogP contribution in [0.1, 0.15) is 73.3 Å². The molecule has 226 valence electrons. The van der Waals surface area contributed by atoms with Gasteiger partial charge in [0.1, 0.15) is 12.1 Å². The first-order valence-electron chi connectivity index (χ1n) is 13.9. The molecule has 0 bridgehead atoms. The molecule has 0 saturated carbocycles. The SMILES string of the molecule is CC(C)[C@H](NC(=O)CCC(C)(C)OCCC(C)(C)N1C(=O)C=CC1=O)C(=O)N[C@@H](C)C(=O)Nc1ccc(CO)cc1. The summed E-state index contributed by atoms with van der Waals surface area (Å²) in [6, 6.07) is 5.01. The number of nitrogens with zero attached hydrogens (tertiary/aromatic N) is 1. The Morgan fingerprint density at radius 2 is 1.49 bits per heavy atom. The highest BCUT2D eigenvalue weighted by atomic mass is 16.5. The second-order valence-corrected chi connectivity index (χ2v) is 11.9. The van der Waals surface area contributed by atoms with E-state index in [0.29, 0.717) is 24.1 Å². The number of carbonyl (C=O) groups excluding carboxylic acids is 5. The Labute approximate surface area is 242 Å². The highest BCUT2D eigenvalue weighted by Crippen LogP contribution is 2.25. The number of anilines is 1. The summed E-state index contributed by atoms with van der Waals surface area (Å²) in [5, 5.41) is 17.3. The molecule has 1 aliphatic rings. The first kappa shape index (κ1) is 33.6. The fourth-order valence-electron chi connectivity index (χ4n) is 4.27. The number of aliphatic hydroxyl groups excluding tert-OH is 1. The van der Waals surface area contributed by atoms with Gasteiger partial charge in [-0.25, -0.2) is 0 Å². The second-order valence-electron chi connectivity index (χ2n) is 11.9. The minimum atomic E-state index is -0.850. The lowest BCUT2D eigenvalue weighted by atomic mass is 9.97. The van der Waals surface area contributed by atoms with Gasteiger partial charge in [-0.2, -0.15) is 0 Å². The minimum absolute atomic E-state index is 0.102. The summed E-state index contributed by atoms with van der Waals surface area (Å²) in [5.41, 5.74) is -0.140. The van der Waals surface area contributed by atoms with Gasteiger partial charge in [-0.1, -0.05) is 26.0 Å². The van der Waals surface area contributed by atoms with Gasteiger partial charge in [0.15, 0.2) is 0 Å². The van der Waals surface area contributed by atoms with E-state index in [9.17, 15) is 24.0 Å². The van der Waals surface area contributed by atoms with Crippen LogP contribution in [-0.2, 0) is 35.3 Å². The maximum absolute atomic E-state index is 12.9. The molecule has 0 aromatic heterocycles. The van der Waals surface area contributed by atoms with Gasteiger partial charge in [0.05, 0.1) is 12.2 Å². The van der Waals surface area contributed by atoms with E-state index in [1.807, 2.05) is 13.8 Å². The van der Waals surface area contributed by atoms with Gasteiger partial charge in [0.2, 0.25) is 17.7 Å². The average Bonchev–Trinajstić information content (AvgIpc) is 3.24. The first-order valence-corrected chi connectivity index (χ1v) is 13.9. The van der Waals surface area contributed by atoms with Gasteiger partial charge in [-0.05, 0) is 71.1 Å². The zero-order chi connectivity index (χ0) is 31.0. The lowest BCUT2D eigenvalue weighted by Gasteiger charge is -2.35. The van der Waals surface area contributed by atoms with Crippen molar-refractivity contribution in [2.24, 2.45) is 5.92 Å². The number of hydrogen-bond acceptors (Lipinski definition) is 7. The van der Waals surface area contributed by atoms with E-state index in [-0.39, 0.29) is 43.3 Å². The molecule has 2 atom stereocenters. The van der Waals surface area contributed by atoms with Crippen molar-refractivity contribution in [1.82, 2.24) is 15.5 Å². The molecular weight excluding hydrogens is 528 g/mol. The molecule has 1 aromatic carbocycles. The summed E-state index contributed by atoms with van der Waals surface area (Å²) >= 11 is 0. The number of hydrogen-bond donors (Lipinski definition) is 4. The van der Waals surface area contributed by atoms with Gasteiger partial charge in [0, 0.05) is 36.4 Å². The molecule has 1 aliphatic heterocycles. The molecule has 0 spiro atoms. The zero-order valence-corrected chi connectivity index (χ0v) is 25.1. The summed E-state index contributed by atoms with van der Waals surface area (Å²) in [4.78, 5) is 63.5. The van der Waals surface area contributed by atoms with E-state index in [0.717, 1.165) is 0 Å². The monoisotopic (exact) mass is 572 g/mol. The Bertz CT molecular complexity index is 1120. The molecule has 2 rings (SSSR count). The highest BCUT2D eigenvalue weighted by molar-refractivity contribution is 6.13. The molecule has 0 unspecified atom stereocenters. The summed E-state index contributed by atoms with van der Waals surface area (Å²) in [6.45, 7) is 12.7. The first-order chi connectivity index (χ1) is 19.1. The van der Waals surface area contributed by atoms with E-state index < -0.39 is 35.0 Å². The number of imide groups is 1. The molecule has 1 heterocycles. The predicted molar refractivity (Wildman–Crippen MR) is 154 cm³/mol. The molecule has 1 aromatic rings. The summed E-state index contributed by atoms with van der Waals surface area (Å²) < 4.78 is 6.00. The van der Waals surface area contributed by atoms with Gasteiger partial charge in [-0.15, -0.1) is 0 Å². The maximum atomic E-state index is 12.9. The van der Waals surface area contributed by atoms with Crippen molar-refractivity contribution >= 4 is 35.2 Å². The van der Waals surface area contributed by atoms with Gasteiger partial charge in [-0.3, -0.25) is 28.9 Å². The van der Waals surface area contributed by atoms with Gasteiger partial charge >= 0.3 is 0 Å². The largest absolute Gasteiger partial charge is 0.392 e. The smallest absolute Gasteiger partial charge is 0.254 e. The van der Waals surface area contributed by atoms with Crippen LogP contribution in [0, 0.1) is 5.92 Å². The molecule has 0 saturated heterocycles. The van der Waals surface area contributed by atoms with Crippen molar-refractivity contribution in [3.63, 3.8) is 0 Å². The van der Waals surface area contributed by atoms with Crippen LogP contribution in [0.15, 0.2) is 36.4 Å². The molecular formula is C30H44N4O7. The number of aliphatic hydroxyl groups is 1. The Morgan fingerprint density at radius 3 is 2.02 bits per heavy atom. The van der Waals surface area contributed by atoms with Crippen molar-refractivity contribution in [3.05, 3.63) is 42.0 Å². The maximum Gasteiger partial charge on any atom is 0.254 e. The van der Waals surface area contributed by atoms with Crippen LogP contribution in [-0.4, -0.2) is 69.4 Å². The van der Waals surface area contributed by atoms with Crippen LogP contribution >= 0.6 is 0 Å². The Kier molecular flexibility index (Phi) is 11.8. The number of carbonyl (C=O) groups is 5. The summed E-state index contributed by atoms with van der Waals surface area (Å²) in [5.74, 6) is -2.12. The van der Waals surface area contributed by atoms with Crippen LogP contribution in [0.25, 0.3) is 0 Å². The average molecular weight is 573 g/mol. The third-order valence-electron chi connectivity index (χ3n) is 7.00. The van der Waals surface area contributed by atoms with E-state index in [1.54, 1.807) is 58.9 Å². The number of nitrogens with one attached hydrogen (secondary N) is 3. The van der Waals surface area contributed by atoms with Crippen molar-refractivity contribution in [3.8, 4) is 0 Å². The van der Waals surface area contributed by atoms with E-state index in [1.165, 1.54) is 17.1 Å². The van der Waals surface area contributed by atoms with Crippen LogP contribution in [0.3, 0.4) is 0 Å². The van der Waals surface area contributed by atoms with Crippen molar-refractivity contribution in [1.29, 1.82) is 0 Å². The molecule has 0 radical (unpaired) electrons. The minimum Gasteiger partial charge on any atom is -0.392 e. The van der Waals surface area contributed by atoms with Crippen molar-refractivity contribution in [2.45, 2.75) is 97.6 Å². The van der Waals surface area contributed by atoms with E-state index in [4.69, 9.17) is 9.84 Å².